The number of amides is 1. The van der Waals surface area contributed by atoms with Gasteiger partial charge >= 0.3 is 18.0 Å². The zero-order chi connectivity index (χ0) is 28.5. The van der Waals surface area contributed by atoms with E-state index in [1.54, 1.807) is 51.2 Å². The number of aliphatic carboxylic acids is 2. The number of aromatic nitrogens is 1. The number of rotatable bonds is 13. The molecule has 0 aliphatic heterocycles. The first kappa shape index (κ1) is 30.7. The van der Waals surface area contributed by atoms with E-state index in [0.717, 1.165) is 11.1 Å². The van der Waals surface area contributed by atoms with E-state index in [9.17, 15) is 33.0 Å². The number of nitrogens with zero attached hydrogens (tertiary/aromatic N) is 1. The van der Waals surface area contributed by atoms with Crippen molar-refractivity contribution >= 4 is 28.1 Å². The molecule has 0 fully saturated rings. The predicted octanol–water partition coefficient (Wildman–Crippen LogP) is 3.34. The van der Waals surface area contributed by atoms with Crippen molar-refractivity contribution in [3.05, 3.63) is 59.4 Å². The number of alkyl carbamates (subject to hydrolysis) is 1. The maximum atomic E-state index is 12.2. The van der Waals surface area contributed by atoms with E-state index in [1.807, 2.05) is 6.92 Å². The van der Waals surface area contributed by atoms with Gasteiger partial charge in [-0.05, 0) is 70.7 Å². The number of nitrogens with one attached hydrogen (secondary N) is 1. The van der Waals surface area contributed by atoms with E-state index < -0.39 is 45.7 Å². The van der Waals surface area contributed by atoms with Gasteiger partial charge in [0.2, 0.25) is 0 Å². The van der Waals surface area contributed by atoms with Gasteiger partial charge in [0.25, 0.3) is 10.1 Å². The van der Waals surface area contributed by atoms with Gasteiger partial charge in [-0.1, -0.05) is 23.8 Å². The Morgan fingerprint density at radius 3 is 2.21 bits per heavy atom. The van der Waals surface area contributed by atoms with Gasteiger partial charge in [0.15, 0.2) is 0 Å². The van der Waals surface area contributed by atoms with Crippen LogP contribution in [0.4, 0.5) is 4.79 Å². The van der Waals surface area contributed by atoms with E-state index in [-0.39, 0.29) is 24.3 Å². The minimum Gasteiger partial charge on any atom is -0.481 e. The Labute approximate surface area is 222 Å². The van der Waals surface area contributed by atoms with Crippen LogP contribution in [-0.2, 0) is 41.5 Å². The molecule has 0 aliphatic carbocycles. The molecule has 38 heavy (non-hydrogen) atoms. The number of carbonyl (C=O) groups is 3. The second-order valence-corrected chi connectivity index (χ2v) is 11.5. The molecule has 208 valence electrons. The number of aryl methyl sites for hydroxylation is 2. The Morgan fingerprint density at radius 1 is 1.03 bits per heavy atom. The fraction of sp³-hybridized carbons (Fsp3) is 0.462. The number of ether oxygens (including phenoxy) is 1. The number of carboxylic acids is 2. The lowest BCUT2D eigenvalue weighted by Crippen LogP contribution is -2.45. The van der Waals surface area contributed by atoms with E-state index in [0.29, 0.717) is 18.5 Å². The summed E-state index contributed by atoms with van der Waals surface area (Å²) in [6.45, 7) is 6.71. The van der Waals surface area contributed by atoms with Gasteiger partial charge in [0.05, 0.1) is 17.4 Å². The number of benzene rings is 1. The Morgan fingerprint density at radius 2 is 1.68 bits per heavy atom. The maximum Gasteiger partial charge on any atom is 0.408 e. The summed E-state index contributed by atoms with van der Waals surface area (Å²) >= 11 is 0. The molecular weight excluding hydrogens is 516 g/mol. The lowest BCUT2D eigenvalue weighted by atomic mass is 9.94. The minimum absolute atomic E-state index is 0.0136. The third-order valence-corrected chi connectivity index (χ3v) is 6.68. The van der Waals surface area contributed by atoms with Crippen molar-refractivity contribution in [2.75, 3.05) is 6.61 Å². The highest BCUT2D eigenvalue weighted by Gasteiger charge is 2.30. The summed E-state index contributed by atoms with van der Waals surface area (Å²) in [5.41, 5.74) is 1.33. The molecule has 2 atom stereocenters. The van der Waals surface area contributed by atoms with Gasteiger partial charge in [-0.2, -0.15) is 8.42 Å². The van der Waals surface area contributed by atoms with Gasteiger partial charge in [-0.3, -0.25) is 14.0 Å². The summed E-state index contributed by atoms with van der Waals surface area (Å²) in [5, 5.41) is 21.3. The summed E-state index contributed by atoms with van der Waals surface area (Å²) in [6.07, 6.45) is 1.09. The Balaban J connectivity index is 1.90. The molecule has 3 N–H and O–H groups in total. The SMILES string of the molecule is Cc1ccc(S(=O)(=O)OCCCc2ccc(C[C@@H](C[C@@H](NC(=O)OC(C)(C)C)C(=O)O)C(=O)O)nc2)cc1. The summed E-state index contributed by atoms with van der Waals surface area (Å²) < 4.78 is 34.6. The van der Waals surface area contributed by atoms with Crippen molar-refractivity contribution in [1.82, 2.24) is 10.3 Å². The lowest BCUT2D eigenvalue weighted by molar-refractivity contribution is -0.144. The van der Waals surface area contributed by atoms with E-state index in [2.05, 4.69) is 10.3 Å². The number of hydrogen-bond donors (Lipinski definition) is 3. The largest absolute Gasteiger partial charge is 0.481 e. The van der Waals surface area contributed by atoms with Crippen LogP contribution < -0.4 is 5.32 Å². The monoisotopic (exact) mass is 550 g/mol. The van der Waals surface area contributed by atoms with Crippen LogP contribution in [0.15, 0.2) is 47.5 Å². The lowest BCUT2D eigenvalue weighted by Gasteiger charge is -2.23. The van der Waals surface area contributed by atoms with E-state index in [4.69, 9.17) is 8.92 Å². The van der Waals surface area contributed by atoms with Gasteiger partial charge in [-0.25, -0.2) is 9.59 Å². The summed E-state index contributed by atoms with van der Waals surface area (Å²) in [7, 11) is -3.84. The van der Waals surface area contributed by atoms with Crippen LogP contribution in [0.25, 0.3) is 0 Å². The first-order valence-electron chi connectivity index (χ1n) is 12.0. The Kier molecular flexibility index (Phi) is 10.8. The molecule has 0 bridgehead atoms. The molecule has 0 unspecified atom stereocenters. The predicted molar refractivity (Wildman–Crippen MR) is 137 cm³/mol. The second-order valence-electron chi connectivity index (χ2n) is 9.86. The topological polar surface area (TPSA) is 169 Å². The highest BCUT2D eigenvalue weighted by molar-refractivity contribution is 7.86. The van der Waals surface area contributed by atoms with Crippen molar-refractivity contribution in [2.45, 2.75) is 69.9 Å². The fourth-order valence-corrected chi connectivity index (χ4v) is 4.36. The highest BCUT2D eigenvalue weighted by atomic mass is 32.2. The quantitative estimate of drug-likeness (QED) is 0.248. The van der Waals surface area contributed by atoms with Crippen LogP contribution in [-0.4, -0.2) is 59.9 Å². The smallest absolute Gasteiger partial charge is 0.408 e. The zero-order valence-corrected chi connectivity index (χ0v) is 22.7. The molecule has 1 aromatic carbocycles. The van der Waals surface area contributed by atoms with Crippen LogP contribution in [0, 0.1) is 12.8 Å². The Bertz CT molecular complexity index is 1200. The second kappa shape index (κ2) is 13.3. The van der Waals surface area contributed by atoms with Gasteiger partial charge in [0.1, 0.15) is 11.6 Å². The average molecular weight is 551 g/mol. The number of carboxylic acid groups (broad SMARTS) is 2. The first-order valence-corrected chi connectivity index (χ1v) is 13.4. The van der Waals surface area contributed by atoms with Gasteiger partial charge < -0.3 is 20.3 Å². The molecule has 1 aromatic heterocycles. The molecule has 0 saturated carbocycles. The minimum atomic E-state index is -3.84. The summed E-state index contributed by atoms with van der Waals surface area (Å²) in [6, 6.07) is 8.28. The molecule has 11 nitrogen and oxygen atoms in total. The molecule has 1 heterocycles. The van der Waals surface area contributed by atoms with Gasteiger partial charge in [0, 0.05) is 18.3 Å². The van der Waals surface area contributed by atoms with Crippen molar-refractivity contribution in [1.29, 1.82) is 0 Å². The molecule has 2 aromatic rings. The van der Waals surface area contributed by atoms with Crippen LogP contribution in [0.1, 0.15) is 50.4 Å². The number of carbonyl (C=O) groups excluding carboxylic acids is 1. The third kappa shape index (κ3) is 10.5. The van der Waals surface area contributed by atoms with Crippen LogP contribution in [0.2, 0.25) is 0 Å². The van der Waals surface area contributed by atoms with Crippen molar-refractivity contribution in [3.63, 3.8) is 0 Å². The highest BCUT2D eigenvalue weighted by Crippen LogP contribution is 2.17. The van der Waals surface area contributed by atoms with Crippen molar-refractivity contribution in [3.8, 4) is 0 Å². The Hall–Kier alpha value is -3.51. The summed E-state index contributed by atoms with van der Waals surface area (Å²) in [4.78, 5) is 39.7. The van der Waals surface area contributed by atoms with Crippen LogP contribution in [0.5, 0.6) is 0 Å². The molecule has 0 radical (unpaired) electrons. The molecule has 12 heteroatoms. The summed E-state index contributed by atoms with van der Waals surface area (Å²) in [5.74, 6) is -3.72. The fourth-order valence-electron chi connectivity index (χ4n) is 3.42. The van der Waals surface area contributed by atoms with Crippen molar-refractivity contribution in [2.24, 2.45) is 5.92 Å². The molecule has 0 saturated heterocycles. The maximum absolute atomic E-state index is 12.2. The molecule has 0 aliphatic rings. The molecule has 2 rings (SSSR count). The third-order valence-electron chi connectivity index (χ3n) is 5.36. The molecule has 1 amide bonds. The van der Waals surface area contributed by atoms with Crippen LogP contribution >= 0.6 is 0 Å². The number of pyridine rings is 1. The standard InChI is InChI=1S/C26H34N2O9S/c1-17-7-11-21(12-8-17)38(34,35)36-13-5-6-18-9-10-20(27-16-18)14-19(23(29)30)15-22(24(31)32)28-25(33)37-26(2,3)4/h7-12,16,19,22H,5-6,13-15H2,1-4H3,(H,28,33)(H,29,30)(H,31,32)/t19-,22+/m0/s1. The van der Waals surface area contributed by atoms with Crippen molar-refractivity contribution < 1.29 is 41.9 Å². The zero-order valence-electron chi connectivity index (χ0n) is 21.8. The van der Waals surface area contributed by atoms with Gasteiger partial charge in [-0.15, -0.1) is 0 Å². The normalized spacial score (nSPS) is 13.4. The molecular formula is C26H34N2O9S. The van der Waals surface area contributed by atoms with E-state index in [1.165, 1.54) is 12.1 Å². The number of hydrogen-bond acceptors (Lipinski definition) is 8. The van der Waals surface area contributed by atoms with Crippen LogP contribution in [0.3, 0.4) is 0 Å². The van der Waals surface area contributed by atoms with E-state index >= 15 is 0 Å². The average Bonchev–Trinajstić information content (AvgIpc) is 2.80. The first-order chi connectivity index (χ1) is 17.7. The molecule has 0 spiro atoms.